The van der Waals surface area contributed by atoms with Crippen LogP contribution in [0.25, 0.3) is 0 Å². The van der Waals surface area contributed by atoms with E-state index in [4.69, 9.17) is 16.3 Å². The lowest BCUT2D eigenvalue weighted by molar-refractivity contribution is 0.112. The van der Waals surface area contributed by atoms with Crippen LogP contribution in [0.1, 0.15) is 15.9 Å². The molecule has 0 fully saturated rings. The van der Waals surface area contributed by atoms with Gasteiger partial charge in [0.1, 0.15) is 12.9 Å². The van der Waals surface area contributed by atoms with Crippen molar-refractivity contribution in [1.82, 2.24) is 0 Å². The number of carbonyl (C=O) groups is 1. The van der Waals surface area contributed by atoms with Gasteiger partial charge in [-0.2, -0.15) is 0 Å². The molecule has 2 aromatic rings. The maximum atomic E-state index is 10.7. The number of halogens is 3. The van der Waals surface area contributed by atoms with Crippen molar-refractivity contribution in [3.05, 3.63) is 61.5 Å². The summed E-state index contributed by atoms with van der Waals surface area (Å²) in [7, 11) is 0. The fraction of sp³-hybridized carbons (Fsp3) is 0.0714. The lowest BCUT2D eigenvalue weighted by atomic mass is 10.2. The number of ether oxygens (including phenoxy) is 1. The summed E-state index contributed by atoms with van der Waals surface area (Å²) >= 11 is 12.8. The quantitative estimate of drug-likeness (QED) is 0.650. The van der Waals surface area contributed by atoms with Crippen LogP contribution in [0.3, 0.4) is 0 Å². The highest BCUT2D eigenvalue weighted by Gasteiger charge is 2.09. The fourth-order valence-corrected chi connectivity index (χ4v) is 3.00. The predicted molar refractivity (Wildman–Crippen MR) is 83.0 cm³/mol. The molecule has 0 aromatic heterocycles. The van der Waals surface area contributed by atoms with Gasteiger partial charge in [0.15, 0.2) is 5.75 Å². The van der Waals surface area contributed by atoms with E-state index in [1.54, 1.807) is 12.1 Å². The van der Waals surface area contributed by atoms with Gasteiger partial charge in [0.2, 0.25) is 0 Å². The molecule has 0 N–H and O–H groups in total. The fourth-order valence-electron chi connectivity index (χ4n) is 1.57. The van der Waals surface area contributed by atoms with Crippen molar-refractivity contribution in [2.45, 2.75) is 6.61 Å². The summed E-state index contributed by atoms with van der Waals surface area (Å²) in [5, 5.41) is 0.409. The lowest BCUT2D eigenvalue weighted by Crippen LogP contribution is -1.97. The van der Waals surface area contributed by atoms with Crippen LogP contribution in [-0.2, 0) is 6.61 Å². The van der Waals surface area contributed by atoms with Crippen LogP contribution < -0.4 is 4.74 Å². The van der Waals surface area contributed by atoms with Crippen molar-refractivity contribution < 1.29 is 9.53 Å². The van der Waals surface area contributed by atoms with E-state index in [1.165, 1.54) is 0 Å². The molecule has 0 radical (unpaired) electrons. The molecule has 0 heterocycles. The Balaban J connectivity index is 2.18. The first-order valence-corrected chi connectivity index (χ1v) is 7.38. The monoisotopic (exact) mass is 402 g/mol. The molecule has 0 saturated heterocycles. The molecule has 2 aromatic carbocycles. The summed E-state index contributed by atoms with van der Waals surface area (Å²) in [5.74, 6) is 0.534. The van der Waals surface area contributed by atoms with Gasteiger partial charge >= 0.3 is 0 Å². The van der Waals surface area contributed by atoms with Crippen molar-refractivity contribution in [2.24, 2.45) is 0 Å². The van der Waals surface area contributed by atoms with E-state index in [0.717, 1.165) is 16.3 Å². The topological polar surface area (TPSA) is 26.3 Å². The lowest BCUT2D eigenvalue weighted by Gasteiger charge is -2.11. The van der Waals surface area contributed by atoms with Gasteiger partial charge in [-0.05, 0) is 45.8 Å². The number of benzene rings is 2. The van der Waals surface area contributed by atoms with Gasteiger partial charge in [-0.1, -0.05) is 39.7 Å². The zero-order valence-electron chi connectivity index (χ0n) is 9.70. The molecule has 19 heavy (non-hydrogen) atoms. The first-order chi connectivity index (χ1) is 9.10. The molecule has 0 saturated carbocycles. The summed E-state index contributed by atoms with van der Waals surface area (Å²) < 4.78 is 7.35. The second kappa shape index (κ2) is 6.55. The highest BCUT2D eigenvalue weighted by atomic mass is 79.9. The van der Waals surface area contributed by atoms with Gasteiger partial charge in [0.25, 0.3) is 0 Å². The highest BCUT2D eigenvalue weighted by Crippen LogP contribution is 2.34. The van der Waals surface area contributed by atoms with E-state index < -0.39 is 0 Å². The third-order valence-electron chi connectivity index (χ3n) is 2.43. The van der Waals surface area contributed by atoms with E-state index in [2.05, 4.69) is 31.9 Å². The molecular formula is C14H9Br2ClO2. The van der Waals surface area contributed by atoms with Crippen molar-refractivity contribution >= 4 is 49.7 Å². The number of hydrogen-bond acceptors (Lipinski definition) is 2. The first kappa shape index (κ1) is 14.6. The molecule has 0 bridgehead atoms. The minimum atomic E-state index is 0.401. The second-order valence-corrected chi connectivity index (χ2v) is 6.03. The first-order valence-electron chi connectivity index (χ1n) is 5.41. The Morgan fingerprint density at radius 1 is 1.21 bits per heavy atom. The van der Waals surface area contributed by atoms with E-state index in [-0.39, 0.29) is 0 Å². The SMILES string of the molecule is O=Cc1cc(Cl)c(OCc2cccc(Br)c2)c(Br)c1. The van der Waals surface area contributed by atoms with Gasteiger partial charge in [0, 0.05) is 10.0 Å². The molecule has 0 spiro atoms. The van der Waals surface area contributed by atoms with Crippen LogP contribution in [0.15, 0.2) is 45.3 Å². The normalized spacial score (nSPS) is 10.3. The van der Waals surface area contributed by atoms with Gasteiger partial charge in [-0.3, -0.25) is 4.79 Å². The third-order valence-corrected chi connectivity index (χ3v) is 3.79. The Hall–Kier alpha value is -0.840. The molecule has 2 rings (SSSR count). The van der Waals surface area contributed by atoms with Crippen LogP contribution in [-0.4, -0.2) is 6.29 Å². The Morgan fingerprint density at radius 3 is 2.63 bits per heavy atom. The zero-order valence-corrected chi connectivity index (χ0v) is 13.6. The molecule has 0 unspecified atom stereocenters. The van der Waals surface area contributed by atoms with Crippen LogP contribution in [0.4, 0.5) is 0 Å². The minimum absolute atomic E-state index is 0.401. The average molecular weight is 404 g/mol. The van der Waals surface area contributed by atoms with Crippen molar-refractivity contribution in [2.75, 3.05) is 0 Å². The average Bonchev–Trinajstić information content (AvgIpc) is 2.37. The maximum absolute atomic E-state index is 10.7. The molecule has 0 aliphatic carbocycles. The van der Waals surface area contributed by atoms with Crippen LogP contribution in [0.2, 0.25) is 5.02 Å². The Bertz CT molecular complexity index is 591. The summed E-state index contributed by atoms with van der Waals surface area (Å²) in [4.78, 5) is 10.7. The van der Waals surface area contributed by atoms with E-state index in [9.17, 15) is 4.79 Å². The Labute approximate surface area is 133 Å². The summed E-state index contributed by atoms with van der Waals surface area (Å²) in [6.07, 6.45) is 0.745. The van der Waals surface area contributed by atoms with Crippen molar-refractivity contribution in [1.29, 1.82) is 0 Å². The summed E-state index contributed by atoms with van der Waals surface area (Å²) in [5.41, 5.74) is 1.53. The van der Waals surface area contributed by atoms with Gasteiger partial charge in [-0.15, -0.1) is 0 Å². The molecule has 5 heteroatoms. The largest absolute Gasteiger partial charge is 0.486 e. The molecule has 98 valence electrons. The van der Waals surface area contributed by atoms with Gasteiger partial charge in [0.05, 0.1) is 9.50 Å². The number of aldehydes is 1. The number of rotatable bonds is 4. The third kappa shape index (κ3) is 3.81. The Kier molecular flexibility index (Phi) is 5.02. The van der Waals surface area contributed by atoms with Crippen LogP contribution in [0.5, 0.6) is 5.75 Å². The number of carbonyl (C=O) groups excluding carboxylic acids is 1. The second-order valence-electron chi connectivity index (χ2n) is 3.85. The molecule has 0 amide bonds. The summed E-state index contributed by atoms with van der Waals surface area (Å²) in [6.45, 7) is 0.401. The highest BCUT2D eigenvalue weighted by molar-refractivity contribution is 9.10. The van der Waals surface area contributed by atoms with E-state index >= 15 is 0 Å². The molecule has 0 aliphatic heterocycles. The molecule has 0 atom stereocenters. The number of hydrogen-bond donors (Lipinski definition) is 0. The molecule has 2 nitrogen and oxygen atoms in total. The van der Waals surface area contributed by atoms with Crippen molar-refractivity contribution in [3.8, 4) is 5.75 Å². The summed E-state index contributed by atoms with van der Waals surface area (Å²) in [6, 6.07) is 11.1. The van der Waals surface area contributed by atoms with Gasteiger partial charge in [-0.25, -0.2) is 0 Å². The van der Waals surface area contributed by atoms with E-state index in [0.29, 0.717) is 27.4 Å². The van der Waals surface area contributed by atoms with Gasteiger partial charge < -0.3 is 4.74 Å². The van der Waals surface area contributed by atoms with Crippen molar-refractivity contribution in [3.63, 3.8) is 0 Å². The zero-order chi connectivity index (χ0) is 13.8. The smallest absolute Gasteiger partial charge is 0.152 e. The molecular weight excluding hydrogens is 395 g/mol. The standard InChI is InChI=1S/C14H9Br2ClO2/c15-11-3-1-2-9(4-11)8-19-14-12(16)5-10(7-18)6-13(14)17/h1-7H,8H2. The molecule has 0 aliphatic rings. The van der Waals surface area contributed by atoms with E-state index in [1.807, 2.05) is 24.3 Å². The maximum Gasteiger partial charge on any atom is 0.152 e. The predicted octanol–water partition coefficient (Wildman–Crippen LogP) is 5.26. The minimum Gasteiger partial charge on any atom is -0.486 e. The van der Waals surface area contributed by atoms with Crippen LogP contribution >= 0.6 is 43.5 Å². The Morgan fingerprint density at radius 2 is 2.00 bits per heavy atom. The van der Waals surface area contributed by atoms with Crippen LogP contribution in [0, 0.1) is 0 Å².